The first-order chi connectivity index (χ1) is 9.91. The number of nitrogens with zero attached hydrogens (tertiary/aromatic N) is 1. The molecule has 1 heterocycles. The van der Waals surface area contributed by atoms with Crippen LogP contribution in [0.3, 0.4) is 0 Å². The molecule has 2 N–H and O–H groups in total. The summed E-state index contributed by atoms with van der Waals surface area (Å²) in [7, 11) is 0. The van der Waals surface area contributed by atoms with Crippen LogP contribution in [0.1, 0.15) is 37.0 Å². The lowest BCUT2D eigenvalue weighted by molar-refractivity contribution is 0.0690. The van der Waals surface area contributed by atoms with Crippen LogP contribution in [-0.4, -0.2) is 36.2 Å². The van der Waals surface area contributed by atoms with E-state index in [0.717, 1.165) is 25.5 Å². The zero-order valence-electron chi connectivity index (χ0n) is 12.2. The Kier molecular flexibility index (Phi) is 4.77. The van der Waals surface area contributed by atoms with Crippen molar-refractivity contribution in [1.82, 2.24) is 5.32 Å². The molecule has 0 saturated carbocycles. The van der Waals surface area contributed by atoms with Gasteiger partial charge in [0, 0.05) is 18.6 Å². The molecule has 116 valence electrons. The van der Waals surface area contributed by atoms with Crippen molar-refractivity contribution in [2.24, 2.45) is 0 Å². The Morgan fingerprint density at radius 2 is 2.14 bits per heavy atom. The summed E-state index contributed by atoms with van der Waals surface area (Å²) in [6.07, 6.45) is 2.08. The third-order valence-corrected chi connectivity index (χ3v) is 3.80. The van der Waals surface area contributed by atoms with Gasteiger partial charge in [0.15, 0.2) is 11.6 Å². The number of nitrogens with one attached hydrogen (secondary N) is 1. The van der Waals surface area contributed by atoms with Gasteiger partial charge in [-0.3, -0.25) is 0 Å². The van der Waals surface area contributed by atoms with Gasteiger partial charge in [-0.2, -0.15) is 0 Å². The first-order valence-electron chi connectivity index (χ1n) is 7.13. The molecule has 1 aromatic rings. The number of hydrogen-bond acceptors (Lipinski definition) is 3. The molecule has 0 spiro atoms. The molecule has 1 aliphatic rings. The highest BCUT2D eigenvalue weighted by Crippen LogP contribution is 2.27. The van der Waals surface area contributed by atoms with Gasteiger partial charge >= 0.3 is 5.97 Å². The van der Waals surface area contributed by atoms with Gasteiger partial charge in [-0.25, -0.2) is 13.6 Å². The van der Waals surface area contributed by atoms with E-state index < -0.39 is 23.2 Å². The Morgan fingerprint density at radius 3 is 2.67 bits per heavy atom. The molecule has 0 bridgehead atoms. The quantitative estimate of drug-likeness (QED) is 0.877. The zero-order chi connectivity index (χ0) is 15.6. The van der Waals surface area contributed by atoms with E-state index in [-0.39, 0.29) is 17.8 Å². The molecule has 1 aliphatic heterocycles. The number of halogens is 2. The largest absolute Gasteiger partial charge is 0.478 e. The molecule has 6 heteroatoms. The molecule has 0 aliphatic carbocycles. The standard InChI is InChI=1S/C15H20F2N2O2/c1-9(2)19(8-10-4-3-7-18-10)12-6-5-11(15(20)21)13(16)14(12)17/h5-6,9-10,18H,3-4,7-8H2,1-2H3,(H,20,21). The van der Waals surface area contributed by atoms with Crippen molar-refractivity contribution >= 4 is 11.7 Å². The smallest absolute Gasteiger partial charge is 0.338 e. The van der Waals surface area contributed by atoms with E-state index in [0.29, 0.717) is 6.54 Å². The maximum absolute atomic E-state index is 14.2. The monoisotopic (exact) mass is 298 g/mol. The third kappa shape index (κ3) is 3.32. The highest BCUT2D eigenvalue weighted by atomic mass is 19.2. The molecule has 0 aromatic heterocycles. The maximum Gasteiger partial charge on any atom is 0.338 e. The minimum Gasteiger partial charge on any atom is -0.478 e. The third-order valence-electron chi connectivity index (χ3n) is 3.80. The summed E-state index contributed by atoms with van der Waals surface area (Å²) < 4.78 is 28.1. The number of benzene rings is 1. The lowest BCUT2D eigenvalue weighted by atomic mass is 10.1. The van der Waals surface area contributed by atoms with Crippen LogP contribution in [0, 0.1) is 11.6 Å². The summed E-state index contributed by atoms with van der Waals surface area (Å²) in [4.78, 5) is 12.6. The number of carboxylic acid groups (broad SMARTS) is 1. The second-order valence-corrected chi connectivity index (χ2v) is 5.60. The second-order valence-electron chi connectivity index (χ2n) is 5.60. The van der Waals surface area contributed by atoms with Gasteiger partial charge in [-0.1, -0.05) is 0 Å². The van der Waals surface area contributed by atoms with E-state index >= 15 is 0 Å². The zero-order valence-corrected chi connectivity index (χ0v) is 12.2. The van der Waals surface area contributed by atoms with Gasteiger partial charge in [0.25, 0.3) is 0 Å². The van der Waals surface area contributed by atoms with Gasteiger partial charge < -0.3 is 15.3 Å². The van der Waals surface area contributed by atoms with Gasteiger partial charge in [-0.15, -0.1) is 0 Å². The van der Waals surface area contributed by atoms with Crippen LogP contribution in [0.15, 0.2) is 12.1 Å². The summed E-state index contributed by atoms with van der Waals surface area (Å²) in [6, 6.07) is 2.69. The Balaban J connectivity index is 2.31. The van der Waals surface area contributed by atoms with E-state index in [9.17, 15) is 13.6 Å². The molecule has 0 radical (unpaired) electrons. The lowest BCUT2D eigenvalue weighted by Crippen LogP contribution is -2.42. The number of aromatic carboxylic acids is 1. The summed E-state index contributed by atoms with van der Waals surface area (Å²) >= 11 is 0. The van der Waals surface area contributed by atoms with E-state index in [1.165, 1.54) is 6.07 Å². The molecule has 1 unspecified atom stereocenters. The molecular weight excluding hydrogens is 278 g/mol. The summed E-state index contributed by atoms with van der Waals surface area (Å²) in [5.41, 5.74) is -0.528. The highest BCUT2D eigenvalue weighted by molar-refractivity contribution is 5.88. The molecule has 21 heavy (non-hydrogen) atoms. The first-order valence-corrected chi connectivity index (χ1v) is 7.13. The van der Waals surface area contributed by atoms with Crippen molar-refractivity contribution in [3.8, 4) is 0 Å². The lowest BCUT2D eigenvalue weighted by Gasteiger charge is -2.32. The topological polar surface area (TPSA) is 52.6 Å². The SMILES string of the molecule is CC(C)N(CC1CCCN1)c1ccc(C(=O)O)c(F)c1F. The number of anilines is 1. The molecule has 1 aromatic carbocycles. The Labute approximate surface area is 122 Å². The number of carbonyl (C=O) groups is 1. The van der Waals surface area contributed by atoms with Gasteiger partial charge in [0.1, 0.15) is 0 Å². The summed E-state index contributed by atoms with van der Waals surface area (Å²) in [5, 5.41) is 12.2. The van der Waals surface area contributed by atoms with Crippen LogP contribution in [0.5, 0.6) is 0 Å². The molecule has 0 amide bonds. The van der Waals surface area contributed by atoms with Crippen LogP contribution in [0.4, 0.5) is 14.5 Å². The fourth-order valence-corrected chi connectivity index (χ4v) is 2.66. The Bertz CT molecular complexity index is 529. The van der Waals surface area contributed by atoms with Crippen molar-refractivity contribution in [2.45, 2.75) is 38.8 Å². The van der Waals surface area contributed by atoms with E-state index in [4.69, 9.17) is 5.11 Å². The predicted molar refractivity (Wildman–Crippen MR) is 76.8 cm³/mol. The summed E-state index contributed by atoms with van der Waals surface area (Å²) in [6.45, 7) is 5.31. The fraction of sp³-hybridized carbons (Fsp3) is 0.533. The van der Waals surface area contributed by atoms with Crippen LogP contribution >= 0.6 is 0 Å². The number of carboxylic acids is 1. The van der Waals surface area contributed by atoms with E-state index in [1.807, 2.05) is 13.8 Å². The maximum atomic E-state index is 14.2. The summed E-state index contributed by atoms with van der Waals surface area (Å²) in [5.74, 6) is -3.86. The molecule has 4 nitrogen and oxygen atoms in total. The van der Waals surface area contributed by atoms with Crippen LogP contribution in [-0.2, 0) is 0 Å². The van der Waals surface area contributed by atoms with Gasteiger partial charge in [0.2, 0.25) is 0 Å². The van der Waals surface area contributed by atoms with E-state index in [2.05, 4.69) is 5.32 Å². The molecule has 2 rings (SSSR count). The minimum absolute atomic E-state index is 0.0167. The van der Waals surface area contributed by atoms with Crippen molar-refractivity contribution in [3.05, 3.63) is 29.3 Å². The van der Waals surface area contributed by atoms with E-state index in [1.54, 1.807) is 4.90 Å². The molecule has 1 fully saturated rings. The molecule has 1 saturated heterocycles. The number of rotatable bonds is 5. The Morgan fingerprint density at radius 1 is 1.43 bits per heavy atom. The van der Waals surface area contributed by atoms with Crippen LogP contribution in [0.2, 0.25) is 0 Å². The van der Waals surface area contributed by atoms with Crippen molar-refractivity contribution in [3.63, 3.8) is 0 Å². The van der Waals surface area contributed by atoms with Gasteiger partial charge in [-0.05, 0) is 45.4 Å². The van der Waals surface area contributed by atoms with Crippen molar-refractivity contribution < 1.29 is 18.7 Å². The van der Waals surface area contributed by atoms with Crippen LogP contribution in [0.25, 0.3) is 0 Å². The van der Waals surface area contributed by atoms with Crippen molar-refractivity contribution in [1.29, 1.82) is 0 Å². The fourth-order valence-electron chi connectivity index (χ4n) is 2.66. The average molecular weight is 298 g/mol. The second kappa shape index (κ2) is 6.39. The Hall–Kier alpha value is -1.69. The normalized spacial score (nSPS) is 18.2. The van der Waals surface area contributed by atoms with Crippen molar-refractivity contribution in [2.75, 3.05) is 18.0 Å². The minimum atomic E-state index is -1.47. The highest BCUT2D eigenvalue weighted by Gasteiger charge is 2.25. The van der Waals surface area contributed by atoms with Gasteiger partial charge in [0.05, 0.1) is 11.3 Å². The average Bonchev–Trinajstić information content (AvgIpc) is 2.92. The number of hydrogen-bond donors (Lipinski definition) is 2. The van der Waals surface area contributed by atoms with Crippen LogP contribution < -0.4 is 10.2 Å². The molecule has 1 atom stereocenters. The first kappa shape index (κ1) is 15.7. The molecular formula is C15H20F2N2O2. The predicted octanol–water partition coefficient (Wildman–Crippen LogP) is 2.63.